The summed E-state index contributed by atoms with van der Waals surface area (Å²) in [6.45, 7) is 5.83. The van der Waals surface area contributed by atoms with Crippen molar-refractivity contribution < 1.29 is 4.74 Å². The largest absolute Gasteiger partial charge is 0.389 e. The summed E-state index contributed by atoms with van der Waals surface area (Å²) >= 11 is 5.01. The van der Waals surface area contributed by atoms with E-state index in [4.69, 9.17) is 22.7 Å². The van der Waals surface area contributed by atoms with Crippen LogP contribution in [0.5, 0.6) is 0 Å². The Hall–Kier alpha value is -0.930. The molecule has 0 atom stereocenters. The Kier molecular flexibility index (Phi) is 6.16. The highest BCUT2D eigenvalue weighted by molar-refractivity contribution is 7.80. The third-order valence-corrected chi connectivity index (χ3v) is 2.83. The Morgan fingerprint density at radius 2 is 2.06 bits per heavy atom. The number of hydrogen-bond acceptors (Lipinski definition) is 2. The summed E-state index contributed by atoms with van der Waals surface area (Å²) in [6, 6.07) is 7.87. The second kappa shape index (κ2) is 7.41. The van der Waals surface area contributed by atoms with Crippen molar-refractivity contribution in [3.63, 3.8) is 0 Å². The van der Waals surface area contributed by atoms with Crippen molar-refractivity contribution in [3.05, 3.63) is 35.4 Å². The summed E-state index contributed by atoms with van der Waals surface area (Å²) in [5.74, 6) is 0.738. The molecule has 0 saturated heterocycles. The Bertz CT molecular complexity index is 363. The van der Waals surface area contributed by atoms with Crippen molar-refractivity contribution in [1.82, 2.24) is 0 Å². The van der Waals surface area contributed by atoms with Crippen LogP contribution in [-0.4, -0.2) is 11.6 Å². The third-order valence-electron chi connectivity index (χ3n) is 2.61. The molecule has 2 N–H and O–H groups in total. The maximum atomic E-state index is 5.66. The molecule has 0 fully saturated rings. The predicted molar refractivity (Wildman–Crippen MR) is 76.1 cm³/mol. The van der Waals surface area contributed by atoms with Gasteiger partial charge in [0, 0.05) is 12.2 Å². The molecule has 0 spiro atoms. The van der Waals surface area contributed by atoms with Crippen LogP contribution in [0.1, 0.15) is 37.8 Å². The summed E-state index contributed by atoms with van der Waals surface area (Å²) in [7, 11) is 0. The molecular weight excluding hydrogens is 230 g/mol. The summed E-state index contributed by atoms with van der Waals surface area (Å²) in [5.41, 5.74) is 7.66. The van der Waals surface area contributed by atoms with E-state index in [1.54, 1.807) is 0 Å². The first-order valence-electron chi connectivity index (χ1n) is 6.06. The lowest BCUT2D eigenvalue weighted by Gasteiger charge is -2.09. The zero-order valence-electron chi connectivity index (χ0n) is 10.6. The molecule has 1 aromatic rings. The molecule has 2 nitrogen and oxygen atoms in total. The van der Waals surface area contributed by atoms with Gasteiger partial charge in [-0.05, 0) is 24.3 Å². The number of hydrogen-bond donors (Lipinski definition) is 1. The minimum atomic E-state index is 0.436. The standard InChI is InChI=1S/C14H21NOS/c1-11(2)6-5-9-16-10-12-7-3-4-8-13(12)14(15)17/h3-4,7-8,11H,5-6,9-10H2,1-2H3,(H2,15,17). The molecule has 0 heterocycles. The first-order chi connectivity index (χ1) is 8.11. The fourth-order valence-corrected chi connectivity index (χ4v) is 1.86. The van der Waals surface area contributed by atoms with Crippen LogP contribution in [0.15, 0.2) is 24.3 Å². The fraction of sp³-hybridized carbons (Fsp3) is 0.500. The molecule has 0 bridgehead atoms. The van der Waals surface area contributed by atoms with E-state index in [-0.39, 0.29) is 0 Å². The van der Waals surface area contributed by atoms with Crippen LogP contribution in [0.25, 0.3) is 0 Å². The molecule has 0 saturated carbocycles. The molecule has 0 amide bonds. The van der Waals surface area contributed by atoms with E-state index < -0.39 is 0 Å². The highest BCUT2D eigenvalue weighted by Gasteiger charge is 2.04. The van der Waals surface area contributed by atoms with Gasteiger partial charge < -0.3 is 10.5 Å². The van der Waals surface area contributed by atoms with Crippen LogP contribution in [0.4, 0.5) is 0 Å². The van der Waals surface area contributed by atoms with E-state index in [9.17, 15) is 0 Å². The van der Waals surface area contributed by atoms with E-state index >= 15 is 0 Å². The molecule has 17 heavy (non-hydrogen) atoms. The molecule has 0 aromatic heterocycles. The monoisotopic (exact) mass is 251 g/mol. The molecule has 0 aliphatic rings. The average Bonchev–Trinajstić information content (AvgIpc) is 2.28. The minimum absolute atomic E-state index is 0.436. The Morgan fingerprint density at radius 1 is 1.35 bits per heavy atom. The summed E-state index contributed by atoms with van der Waals surface area (Å²) < 4.78 is 5.65. The van der Waals surface area contributed by atoms with Crippen molar-refractivity contribution >= 4 is 17.2 Å². The van der Waals surface area contributed by atoms with Crippen LogP contribution in [-0.2, 0) is 11.3 Å². The lowest BCUT2D eigenvalue weighted by molar-refractivity contribution is 0.115. The smallest absolute Gasteiger partial charge is 0.104 e. The van der Waals surface area contributed by atoms with Gasteiger partial charge in [0.2, 0.25) is 0 Å². The second-order valence-corrected chi connectivity index (χ2v) is 5.05. The van der Waals surface area contributed by atoms with Gasteiger partial charge in [0.05, 0.1) is 6.61 Å². The molecular formula is C14H21NOS. The van der Waals surface area contributed by atoms with Crippen LogP contribution in [0.2, 0.25) is 0 Å². The maximum Gasteiger partial charge on any atom is 0.104 e. The zero-order chi connectivity index (χ0) is 12.7. The van der Waals surface area contributed by atoms with Crippen LogP contribution in [0.3, 0.4) is 0 Å². The van der Waals surface area contributed by atoms with Crippen molar-refractivity contribution in [3.8, 4) is 0 Å². The lowest BCUT2D eigenvalue weighted by Crippen LogP contribution is -2.13. The molecule has 3 heteroatoms. The third kappa shape index (κ3) is 5.29. The minimum Gasteiger partial charge on any atom is -0.389 e. The molecule has 1 rings (SSSR count). The molecule has 1 aromatic carbocycles. The number of thiocarbonyl (C=S) groups is 1. The SMILES string of the molecule is CC(C)CCCOCc1ccccc1C(N)=S. The van der Waals surface area contributed by atoms with Gasteiger partial charge in [-0.15, -0.1) is 0 Å². The molecule has 0 unspecified atom stereocenters. The van der Waals surface area contributed by atoms with E-state index in [0.717, 1.165) is 30.1 Å². The second-order valence-electron chi connectivity index (χ2n) is 4.61. The number of nitrogens with two attached hydrogens (primary N) is 1. The average molecular weight is 251 g/mol. The normalized spacial score (nSPS) is 10.8. The quantitative estimate of drug-likeness (QED) is 0.596. The molecule has 0 aliphatic carbocycles. The number of ether oxygens (including phenoxy) is 1. The van der Waals surface area contributed by atoms with E-state index in [0.29, 0.717) is 11.6 Å². The number of benzene rings is 1. The van der Waals surface area contributed by atoms with Gasteiger partial charge in [0.1, 0.15) is 4.99 Å². The van der Waals surface area contributed by atoms with Crippen LogP contribution in [0, 0.1) is 5.92 Å². The first kappa shape index (κ1) is 14.1. The zero-order valence-corrected chi connectivity index (χ0v) is 11.4. The van der Waals surface area contributed by atoms with Crippen molar-refractivity contribution in [2.75, 3.05) is 6.61 Å². The molecule has 94 valence electrons. The van der Waals surface area contributed by atoms with Crippen LogP contribution >= 0.6 is 12.2 Å². The summed E-state index contributed by atoms with van der Waals surface area (Å²) in [5, 5.41) is 0. The van der Waals surface area contributed by atoms with Gasteiger partial charge >= 0.3 is 0 Å². The Morgan fingerprint density at radius 3 is 2.71 bits per heavy atom. The summed E-state index contributed by atoms with van der Waals surface area (Å²) in [6.07, 6.45) is 2.31. The van der Waals surface area contributed by atoms with E-state index in [1.807, 2.05) is 24.3 Å². The van der Waals surface area contributed by atoms with Crippen molar-refractivity contribution in [1.29, 1.82) is 0 Å². The summed E-state index contributed by atoms with van der Waals surface area (Å²) in [4.78, 5) is 0.436. The van der Waals surface area contributed by atoms with E-state index in [2.05, 4.69) is 13.8 Å². The van der Waals surface area contributed by atoms with Crippen molar-refractivity contribution in [2.45, 2.75) is 33.3 Å². The van der Waals surface area contributed by atoms with Crippen molar-refractivity contribution in [2.24, 2.45) is 11.7 Å². The van der Waals surface area contributed by atoms with Gasteiger partial charge in [0.15, 0.2) is 0 Å². The highest BCUT2D eigenvalue weighted by Crippen LogP contribution is 2.11. The topological polar surface area (TPSA) is 35.2 Å². The predicted octanol–water partition coefficient (Wildman–Crippen LogP) is 3.27. The first-order valence-corrected chi connectivity index (χ1v) is 6.47. The van der Waals surface area contributed by atoms with Gasteiger partial charge in [-0.3, -0.25) is 0 Å². The van der Waals surface area contributed by atoms with Gasteiger partial charge in [-0.25, -0.2) is 0 Å². The fourth-order valence-electron chi connectivity index (χ4n) is 1.66. The van der Waals surface area contributed by atoms with Crippen LogP contribution < -0.4 is 5.73 Å². The Balaban J connectivity index is 2.39. The van der Waals surface area contributed by atoms with E-state index in [1.165, 1.54) is 6.42 Å². The number of rotatable bonds is 7. The van der Waals surface area contributed by atoms with Gasteiger partial charge in [0.25, 0.3) is 0 Å². The lowest BCUT2D eigenvalue weighted by atomic mass is 10.1. The molecule has 0 aliphatic heterocycles. The highest BCUT2D eigenvalue weighted by atomic mass is 32.1. The maximum absolute atomic E-state index is 5.66. The van der Waals surface area contributed by atoms with Gasteiger partial charge in [-0.1, -0.05) is 50.3 Å². The molecule has 0 radical (unpaired) electrons. The Labute approximate surface area is 109 Å². The van der Waals surface area contributed by atoms with Gasteiger partial charge in [-0.2, -0.15) is 0 Å².